The number of nitrogens with one attached hydrogen (secondary N) is 1. The number of rotatable bonds is 6. The first-order chi connectivity index (χ1) is 14.1. The number of hydrogen-bond donors (Lipinski definition) is 1. The number of pyridine rings is 1. The second-order valence-electron chi connectivity index (χ2n) is 8.10. The van der Waals surface area contributed by atoms with Gasteiger partial charge in [-0.15, -0.1) is 0 Å². The van der Waals surface area contributed by atoms with Crippen LogP contribution in [0.15, 0.2) is 12.3 Å². The zero-order chi connectivity index (χ0) is 20.2. The minimum absolute atomic E-state index is 0.0992. The molecule has 2 fully saturated rings. The fourth-order valence-corrected chi connectivity index (χ4v) is 4.45. The molecule has 4 rings (SSSR count). The molecule has 0 unspecified atom stereocenters. The number of aromatic nitrogens is 3. The number of morpholine rings is 1. The molecule has 2 saturated heterocycles. The third kappa shape index (κ3) is 4.53. The molecule has 2 aromatic rings. The smallest absolute Gasteiger partial charge is 0.223 e. The molecule has 2 aromatic heterocycles. The summed E-state index contributed by atoms with van der Waals surface area (Å²) in [6.45, 7) is 9.17. The number of piperidine rings is 1. The van der Waals surface area contributed by atoms with E-state index in [0.29, 0.717) is 0 Å². The van der Waals surface area contributed by atoms with E-state index in [-0.39, 0.29) is 11.8 Å². The van der Waals surface area contributed by atoms with Gasteiger partial charge in [-0.05, 0) is 38.8 Å². The van der Waals surface area contributed by atoms with Crippen LogP contribution in [0.3, 0.4) is 0 Å². The lowest BCUT2D eigenvalue weighted by Crippen LogP contribution is -2.42. The third-order valence-electron chi connectivity index (χ3n) is 6.14. The summed E-state index contributed by atoms with van der Waals surface area (Å²) in [6, 6.07) is 2.03. The SMILES string of the molecule is Cc1nn(C)c2c(N3CCC(C(=O)NCCCN4CCOCC4)CC3)nccc12. The molecule has 0 atom stereocenters. The monoisotopic (exact) mass is 400 g/mol. The number of carbonyl (C=O) groups excluding carboxylic acids is 1. The van der Waals surface area contributed by atoms with Crippen LogP contribution in [-0.4, -0.2) is 78.1 Å². The lowest BCUT2D eigenvalue weighted by Gasteiger charge is -2.32. The number of hydrogen-bond acceptors (Lipinski definition) is 6. The number of amides is 1. The van der Waals surface area contributed by atoms with Crippen molar-refractivity contribution in [2.24, 2.45) is 13.0 Å². The van der Waals surface area contributed by atoms with E-state index >= 15 is 0 Å². The molecule has 0 bridgehead atoms. The molecule has 8 heteroatoms. The summed E-state index contributed by atoms with van der Waals surface area (Å²) >= 11 is 0. The maximum Gasteiger partial charge on any atom is 0.223 e. The molecule has 0 spiro atoms. The second kappa shape index (κ2) is 9.09. The third-order valence-corrected chi connectivity index (χ3v) is 6.14. The fraction of sp³-hybridized carbons (Fsp3) is 0.667. The minimum Gasteiger partial charge on any atom is -0.379 e. The fourth-order valence-electron chi connectivity index (χ4n) is 4.45. The number of ether oxygens (including phenoxy) is 1. The van der Waals surface area contributed by atoms with Gasteiger partial charge >= 0.3 is 0 Å². The average Bonchev–Trinajstić information content (AvgIpc) is 3.06. The van der Waals surface area contributed by atoms with Crippen molar-refractivity contribution in [1.82, 2.24) is 25.0 Å². The van der Waals surface area contributed by atoms with Crippen molar-refractivity contribution < 1.29 is 9.53 Å². The Labute approximate surface area is 172 Å². The van der Waals surface area contributed by atoms with Crippen LogP contribution in [0.5, 0.6) is 0 Å². The van der Waals surface area contributed by atoms with Gasteiger partial charge in [0, 0.05) is 57.3 Å². The van der Waals surface area contributed by atoms with Crippen LogP contribution in [0.2, 0.25) is 0 Å². The molecule has 4 heterocycles. The van der Waals surface area contributed by atoms with Gasteiger partial charge < -0.3 is 15.0 Å². The molecule has 29 heavy (non-hydrogen) atoms. The molecule has 2 aliphatic rings. The lowest BCUT2D eigenvalue weighted by atomic mass is 9.95. The molecular formula is C21H32N6O2. The van der Waals surface area contributed by atoms with Crippen molar-refractivity contribution in [3.05, 3.63) is 18.0 Å². The van der Waals surface area contributed by atoms with Crippen LogP contribution in [0.4, 0.5) is 5.82 Å². The van der Waals surface area contributed by atoms with E-state index in [4.69, 9.17) is 4.74 Å². The van der Waals surface area contributed by atoms with E-state index in [0.717, 1.165) is 94.2 Å². The van der Waals surface area contributed by atoms with Gasteiger partial charge in [0.25, 0.3) is 0 Å². The van der Waals surface area contributed by atoms with Crippen LogP contribution in [-0.2, 0) is 16.6 Å². The van der Waals surface area contributed by atoms with Crippen molar-refractivity contribution >= 4 is 22.6 Å². The first-order valence-electron chi connectivity index (χ1n) is 10.7. The van der Waals surface area contributed by atoms with Crippen LogP contribution in [0.25, 0.3) is 10.9 Å². The van der Waals surface area contributed by atoms with E-state index in [9.17, 15) is 4.79 Å². The zero-order valence-corrected chi connectivity index (χ0v) is 17.6. The number of nitrogens with zero attached hydrogens (tertiary/aromatic N) is 5. The highest BCUT2D eigenvalue weighted by Crippen LogP contribution is 2.29. The highest BCUT2D eigenvalue weighted by molar-refractivity contribution is 5.91. The molecule has 0 aliphatic carbocycles. The quantitative estimate of drug-likeness (QED) is 0.738. The Morgan fingerprint density at radius 1 is 1.24 bits per heavy atom. The number of anilines is 1. The molecule has 1 amide bonds. The first kappa shape index (κ1) is 20.1. The summed E-state index contributed by atoms with van der Waals surface area (Å²) in [5, 5.41) is 8.83. The van der Waals surface area contributed by atoms with Crippen LogP contribution in [0, 0.1) is 12.8 Å². The largest absolute Gasteiger partial charge is 0.379 e. The summed E-state index contributed by atoms with van der Waals surface area (Å²) in [5.74, 6) is 1.28. The van der Waals surface area contributed by atoms with Gasteiger partial charge in [0.15, 0.2) is 5.82 Å². The molecule has 158 valence electrons. The molecule has 0 aromatic carbocycles. The van der Waals surface area contributed by atoms with Crippen LogP contribution < -0.4 is 10.2 Å². The van der Waals surface area contributed by atoms with Gasteiger partial charge in [0.1, 0.15) is 5.52 Å². The summed E-state index contributed by atoms with van der Waals surface area (Å²) < 4.78 is 7.29. The molecule has 0 saturated carbocycles. The van der Waals surface area contributed by atoms with Crippen molar-refractivity contribution in [2.45, 2.75) is 26.2 Å². The molecular weight excluding hydrogens is 368 g/mol. The first-order valence-corrected chi connectivity index (χ1v) is 10.7. The van der Waals surface area contributed by atoms with Gasteiger partial charge in [0.05, 0.1) is 18.9 Å². The maximum absolute atomic E-state index is 12.6. The summed E-state index contributed by atoms with van der Waals surface area (Å²) in [4.78, 5) is 21.9. The van der Waals surface area contributed by atoms with E-state index in [1.165, 1.54) is 0 Å². The number of aryl methyl sites for hydroxylation is 2. The predicted octanol–water partition coefficient (Wildman–Crippen LogP) is 1.33. The minimum atomic E-state index is 0.0992. The Hall–Kier alpha value is -2.19. The van der Waals surface area contributed by atoms with Crippen molar-refractivity contribution in [3.8, 4) is 0 Å². The summed E-state index contributed by atoms with van der Waals surface area (Å²) in [5.41, 5.74) is 2.11. The van der Waals surface area contributed by atoms with Crippen molar-refractivity contribution in [2.75, 3.05) is 57.4 Å². The Bertz CT molecular complexity index is 837. The van der Waals surface area contributed by atoms with Gasteiger partial charge in [-0.3, -0.25) is 14.4 Å². The molecule has 8 nitrogen and oxygen atoms in total. The van der Waals surface area contributed by atoms with E-state index in [1.807, 2.05) is 30.9 Å². The van der Waals surface area contributed by atoms with Crippen LogP contribution >= 0.6 is 0 Å². The summed E-state index contributed by atoms with van der Waals surface area (Å²) in [6.07, 6.45) is 4.59. The van der Waals surface area contributed by atoms with Crippen LogP contribution in [0.1, 0.15) is 25.0 Å². The Balaban J connectivity index is 1.25. The van der Waals surface area contributed by atoms with E-state index < -0.39 is 0 Å². The van der Waals surface area contributed by atoms with E-state index in [2.05, 4.69) is 25.2 Å². The van der Waals surface area contributed by atoms with Gasteiger partial charge in [-0.2, -0.15) is 5.10 Å². The normalized spacial score (nSPS) is 19.0. The lowest BCUT2D eigenvalue weighted by molar-refractivity contribution is -0.125. The number of carbonyl (C=O) groups is 1. The highest BCUT2D eigenvalue weighted by atomic mass is 16.5. The molecule has 1 N–H and O–H groups in total. The molecule has 2 aliphatic heterocycles. The highest BCUT2D eigenvalue weighted by Gasteiger charge is 2.27. The maximum atomic E-state index is 12.6. The van der Waals surface area contributed by atoms with Gasteiger partial charge in [-0.25, -0.2) is 4.98 Å². The number of fused-ring (bicyclic) bond motifs is 1. The summed E-state index contributed by atoms with van der Waals surface area (Å²) in [7, 11) is 1.97. The van der Waals surface area contributed by atoms with Crippen molar-refractivity contribution in [3.63, 3.8) is 0 Å². The predicted molar refractivity (Wildman–Crippen MR) is 113 cm³/mol. The standard InChI is InChI=1S/C21H32N6O2/c1-16-18-4-8-22-20(19(18)25(2)24-16)27-10-5-17(6-11-27)21(28)23-7-3-9-26-12-14-29-15-13-26/h4,8,17H,3,5-7,9-15H2,1-2H3,(H,23,28). The zero-order valence-electron chi connectivity index (χ0n) is 17.6. The molecule has 0 radical (unpaired) electrons. The van der Waals surface area contributed by atoms with Gasteiger partial charge in [-0.1, -0.05) is 0 Å². The Kier molecular flexibility index (Phi) is 6.30. The Morgan fingerprint density at radius 2 is 2.00 bits per heavy atom. The van der Waals surface area contributed by atoms with Crippen molar-refractivity contribution in [1.29, 1.82) is 0 Å². The Morgan fingerprint density at radius 3 is 2.76 bits per heavy atom. The van der Waals surface area contributed by atoms with E-state index in [1.54, 1.807) is 0 Å². The topological polar surface area (TPSA) is 75.5 Å². The second-order valence-corrected chi connectivity index (χ2v) is 8.10. The average molecular weight is 401 g/mol. The van der Waals surface area contributed by atoms with Gasteiger partial charge in [0.2, 0.25) is 5.91 Å².